The molecule has 0 aromatic heterocycles. The second-order valence-corrected chi connectivity index (χ2v) is 7.21. The van der Waals surface area contributed by atoms with Crippen LogP contribution in [0, 0.1) is 12.8 Å². The minimum Gasteiger partial charge on any atom is -0.207 e. The topological polar surface area (TPSA) is 37.4 Å². The molecule has 0 unspecified atom stereocenters. The summed E-state index contributed by atoms with van der Waals surface area (Å²) in [5.41, 5.74) is 1.87. The van der Waals surface area contributed by atoms with Crippen LogP contribution in [-0.2, 0) is 15.9 Å². The Morgan fingerprint density at radius 1 is 1.33 bits per heavy atom. The van der Waals surface area contributed by atoms with Gasteiger partial charge >= 0.3 is 0 Å². The fourth-order valence-corrected chi connectivity index (χ4v) is 3.42. The SMILES string of the molecule is Cc1ccc(S(=O)(=O)N(C)CC(C)C)cc1CCl. The van der Waals surface area contributed by atoms with Crippen molar-refractivity contribution in [2.24, 2.45) is 5.92 Å². The van der Waals surface area contributed by atoms with Crippen LogP contribution >= 0.6 is 11.6 Å². The molecule has 0 saturated heterocycles. The second kappa shape index (κ2) is 6.04. The van der Waals surface area contributed by atoms with Gasteiger partial charge < -0.3 is 0 Å². The van der Waals surface area contributed by atoms with Gasteiger partial charge in [-0.05, 0) is 36.1 Å². The first kappa shape index (κ1) is 15.5. The van der Waals surface area contributed by atoms with E-state index < -0.39 is 10.0 Å². The predicted octanol–water partition coefficient (Wildman–Crippen LogP) is 3.01. The van der Waals surface area contributed by atoms with Crippen molar-refractivity contribution in [3.63, 3.8) is 0 Å². The van der Waals surface area contributed by atoms with Gasteiger partial charge in [0, 0.05) is 19.5 Å². The molecule has 5 heteroatoms. The van der Waals surface area contributed by atoms with Gasteiger partial charge in [0.15, 0.2) is 0 Å². The summed E-state index contributed by atoms with van der Waals surface area (Å²) in [6.45, 7) is 6.41. The molecule has 0 aliphatic heterocycles. The van der Waals surface area contributed by atoms with E-state index >= 15 is 0 Å². The molecule has 0 saturated carbocycles. The van der Waals surface area contributed by atoms with E-state index in [2.05, 4.69) is 0 Å². The fraction of sp³-hybridized carbons (Fsp3) is 0.538. The zero-order valence-electron chi connectivity index (χ0n) is 11.3. The molecule has 0 atom stereocenters. The van der Waals surface area contributed by atoms with Gasteiger partial charge in [0.1, 0.15) is 0 Å². The van der Waals surface area contributed by atoms with Crippen LogP contribution in [0.5, 0.6) is 0 Å². The van der Waals surface area contributed by atoms with Crippen LogP contribution in [-0.4, -0.2) is 26.3 Å². The lowest BCUT2D eigenvalue weighted by atomic mass is 10.1. The van der Waals surface area contributed by atoms with Crippen LogP contribution in [0.15, 0.2) is 23.1 Å². The highest BCUT2D eigenvalue weighted by Gasteiger charge is 2.21. The van der Waals surface area contributed by atoms with Crippen molar-refractivity contribution in [1.82, 2.24) is 4.31 Å². The number of hydrogen-bond acceptors (Lipinski definition) is 2. The van der Waals surface area contributed by atoms with E-state index in [1.54, 1.807) is 25.2 Å². The molecule has 0 bridgehead atoms. The molecule has 0 N–H and O–H groups in total. The van der Waals surface area contributed by atoms with Gasteiger partial charge in [-0.15, -0.1) is 11.6 Å². The summed E-state index contributed by atoms with van der Waals surface area (Å²) in [5.74, 6) is 0.617. The molecular weight excluding hydrogens is 270 g/mol. The molecule has 0 amide bonds. The normalized spacial score (nSPS) is 12.4. The number of rotatable bonds is 5. The van der Waals surface area contributed by atoms with Gasteiger partial charge in [-0.1, -0.05) is 19.9 Å². The second-order valence-electron chi connectivity index (χ2n) is 4.90. The molecule has 1 aromatic rings. The molecule has 0 aliphatic rings. The van der Waals surface area contributed by atoms with E-state index in [1.807, 2.05) is 20.8 Å². The van der Waals surface area contributed by atoms with Gasteiger partial charge in [0.25, 0.3) is 0 Å². The van der Waals surface area contributed by atoms with Crippen LogP contribution in [0.3, 0.4) is 0 Å². The number of aryl methyl sites for hydroxylation is 1. The highest BCUT2D eigenvalue weighted by atomic mass is 35.5. The first-order chi connectivity index (χ1) is 8.28. The van der Waals surface area contributed by atoms with Crippen LogP contribution in [0.4, 0.5) is 0 Å². The lowest BCUT2D eigenvalue weighted by molar-refractivity contribution is 0.417. The first-order valence-electron chi connectivity index (χ1n) is 5.91. The molecule has 102 valence electrons. The summed E-state index contributed by atoms with van der Waals surface area (Å²) in [5, 5.41) is 0. The summed E-state index contributed by atoms with van der Waals surface area (Å²) in [6.07, 6.45) is 0. The van der Waals surface area contributed by atoms with E-state index in [-0.39, 0.29) is 0 Å². The summed E-state index contributed by atoms with van der Waals surface area (Å²) in [6, 6.07) is 5.10. The fourth-order valence-electron chi connectivity index (χ4n) is 1.74. The number of nitrogens with zero attached hydrogens (tertiary/aromatic N) is 1. The number of hydrogen-bond donors (Lipinski definition) is 0. The Morgan fingerprint density at radius 3 is 2.44 bits per heavy atom. The zero-order valence-corrected chi connectivity index (χ0v) is 12.8. The molecule has 1 rings (SSSR count). The third-order valence-electron chi connectivity index (χ3n) is 2.80. The first-order valence-corrected chi connectivity index (χ1v) is 7.88. The Labute approximate surface area is 115 Å². The molecule has 0 heterocycles. The quantitative estimate of drug-likeness (QED) is 0.782. The van der Waals surface area contributed by atoms with Crippen molar-refractivity contribution in [2.75, 3.05) is 13.6 Å². The number of benzene rings is 1. The van der Waals surface area contributed by atoms with Crippen LogP contribution in [0.1, 0.15) is 25.0 Å². The monoisotopic (exact) mass is 289 g/mol. The Kier molecular flexibility index (Phi) is 5.20. The van der Waals surface area contributed by atoms with Crippen LogP contribution < -0.4 is 0 Å². The van der Waals surface area contributed by atoms with E-state index in [0.717, 1.165) is 11.1 Å². The average molecular weight is 290 g/mol. The molecule has 1 aromatic carbocycles. The summed E-state index contributed by atoms with van der Waals surface area (Å²) < 4.78 is 26.0. The molecule has 0 aliphatic carbocycles. The van der Waals surface area contributed by atoms with E-state index in [1.165, 1.54) is 4.31 Å². The summed E-state index contributed by atoms with van der Waals surface area (Å²) >= 11 is 5.81. The molecular formula is C13H20ClNO2S. The average Bonchev–Trinajstić information content (AvgIpc) is 2.28. The van der Waals surface area contributed by atoms with E-state index in [4.69, 9.17) is 11.6 Å². The number of halogens is 1. The Morgan fingerprint density at radius 2 is 1.94 bits per heavy atom. The Hall–Kier alpha value is -0.580. The third-order valence-corrected chi connectivity index (χ3v) is 4.90. The Balaban J connectivity index is 3.12. The summed E-state index contributed by atoms with van der Waals surface area (Å²) in [7, 11) is -1.80. The van der Waals surface area contributed by atoms with E-state index in [9.17, 15) is 8.42 Å². The minimum absolute atomic E-state index is 0.294. The molecule has 0 spiro atoms. The van der Waals surface area contributed by atoms with Crippen molar-refractivity contribution in [1.29, 1.82) is 0 Å². The third kappa shape index (κ3) is 3.46. The molecule has 3 nitrogen and oxygen atoms in total. The van der Waals surface area contributed by atoms with Crippen LogP contribution in [0.2, 0.25) is 0 Å². The predicted molar refractivity (Wildman–Crippen MR) is 75.4 cm³/mol. The number of sulfonamides is 1. The maximum atomic E-state index is 12.3. The highest BCUT2D eigenvalue weighted by molar-refractivity contribution is 7.89. The van der Waals surface area contributed by atoms with Crippen LogP contribution in [0.25, 0.3) is 0 Å². The maximum Gasteiger partial charge on any atom is 0.242 e. The maximum absolute atomic E-state index is 12.3. The standard InChI is InChI=1S/C13H20ClNO2S/c1-10(2)9-15(4)18(16,17)13-6-5-11(3)12(7-13)8-14/h5-7,10H,8-9H2,1-4H3. The molecule has 0 fully saturated rings. The Bertz CT molecular complexity index is 512. The lowest BCUT2D eigenvalue weighted by Gasteiger charge is -2.19. The molecule has 0 radical (unpaired) electrons. The van der Waals surface area contributed by atoms with Crippen molar-refractivity contribution in [2.45, 2.75) is 31.5 Å². The summed E-state index contributed by atoms with van der Waals surface area (Å²) in [4.78, 5) is 0.312. The van der Waals surface area contributed by atoms with Crippen molar-refractivity contribution >= 4 is 21.6 Å². The van der Waals surface area contributed by atoms with Crippen molar-refractivity contribution in [3.05, 3.63) is 29.3 Å². The smallest absolute Gasteiger partial charge is 0.207 e. The zero-order chi connectivity index (χ0) is 13.9. The largest absolute Gasteiger partial charge is 0.242 e. The number of alkyl halides is 1. The molecule has 18 heavy (non-hydrogen) atoms. The van der Waals surface area contributed by atoms with E-state index in [0.29, 0.717) is 23.2 Å². The highest BCUT2D eigenvalue weighted by Crippen LogP contribution is 2.20. The van der Waals surface area contributed by atoms with Gasteiger partial charge in [0.05, 0.1) is 4.90 Å². The minimum atomic E-state index is -3.41. The van der Waals surface area contributed by atoms with Gasteiger partial charge in [-0.25, -0.2) is 12.7 Å². The van der Waals surface area contributed by atoms with Crippen molar-refractivity contribution in [3.8, 4) is 0 Å². The van der Waals surface area contributed by atoms with Gasteiger partial charge in [-0.3, -0.25) is 0 Å². The van der Waals surface area contributed by atoms with Gasteiger partial charge in [0.2, 0.25) is 10.0 Å². The van der Waals surface area contributed by atoms with Gasteiger partial charge in [-0.2, -0.15) is 0 Å². The lowest BCUT2D eigenvalue weighted by Crippen LogP contribution is -2.30. The van der Waals surface area contributed by atoms with Crippen molar-refractivity contribution < 1.29 is 8.42 Å².